The van der Waals surface area contributed by atoms with Gasteiger partial charge >= 0.3 is 5.97 Å². The van der Waals surface area contributed by atoms with Gasteiger partial charge < -0.3 is 20.1 Å². The van der Waals surface area contributed by atoms with Gasteiger partial charge in [-0.25, -0.2) is 4.79 Å². The van der Waals surface area contributed by atoms with Crippen molar-refractivity contribution in [3.63, 3.8) is 0 Å². The maximum absolute atomic E-state index is 11.7. The molecule has 28 heavy (non-hydrogen) atoms. The van der Waals surface area contributed by atoms with E-state index in [2.05, 4.69) is 5.32 Å². The van der Waals surface area contributed by atoms with Crippen LogP contribution in [0.4, 0.5) is 17.1 Å². The Hall–Kier alpha value is -3.13. The Balaban J connectivity index is 1.67. The maximum Gasteiger partial charge on any atom is 0.337 e. The van der Waals surface area contributed by atoms with Gasteiger partial charge in [-0.3, -0.25) is 10.1 Å². The summed E-state index contributed by atoms with van der Waals surface area (Å²) < 4.78 is 4.75. The lowest BCUT2D eigenvalue weighted by Crippen LogP contribution is -2.39. The number of ether oxygens (including phenoxy) is 1. The molecule has 2 aromatic carbocycles. The quantitative estimate of drug-likeness (QED) is 0.447. The Morgan fingerprint density at radius 1 is 1.29 bits per heavy atom. The molecule has 0 unspecified atom stereocenters. The number of carbonyl (C=O) groups excluding carboxylic acids is 1. The summed E-state index contributed by atoms with van der Waals surface area (Å²) in [4.78, 5) is 24.6. The molecule has 8 nitrogen and oxygen atoms in total. The Labute approximate surface area is 162 Å². The smallest absolute Gasteiger partial charge is 0.337 e. The zero-order valence-corrected chi connectivity index (χ0v) is 15.6. The van der Waals surface area contributed by atoms with Crippen LogP contribution in [0.25, 0.3) is 0 Å². The van der Waals surface area contributed by atoms with E-state index in [1.54, 1.807) is 30.3 Å². The number of benzene rings is 2. The number of nitro groups is 1. The first-order valence-electron chi connectivity index (χ1n) is 9.10. The van der Waals surface area contributed by atoms with Crippen molar-refractivity contribution >= 4 is 23.0 Å². The molecule has 0 bridgehead atoms. The maximum atomic E-state index is 11.7. The standard InChI is InChI=1S/C20H23N3O5/c1-28-20(25)15-3-2-4-17(12-15)21-16-7-9-22(10-8-16)19-11-14(13-24)5-6-18(19)23(26)27/h2-6,11-12,16,21,24H,7-10,13H2,1H3. The fourth-order valence-corrected chi connectivity index (χ4v) is 3.43. The van der Waals surface area contributed by atoms with Gasteiger partial charge in [0.25, 0.3) is 5.69 Å². The number of aliphatic hydroxyl groups excluding tert-OH is 1. The lowest BCUT2D eigenvalue weighted by Gasteiger charge is -2.34. The van der Waals surface area contributed by atoms with Crippen LogP contribution < -0.4 is 10.2 Å². The number of piperidine rings is 1. The third-order valence-corrected chi connectivity index (χ3v) is 4.91. The first kappa shape index (κ1) is 19.6. The lowest BCUT2D eigenvalue weighted by atomic mass is 10.0. The van der Waals surface area contributed by atoms with Crippen LogP contribution in [-0.2, 0) is 11.3 Å². The molecule has 1 aliphatic rings. The Bertz CT molecular complexity index is 863. The van der Waals surface area contributed by atoms with Crippen LogP contribution in [0.2, 0.25) is 0 Å². The van der Waals surface area contributed by atoms with Crippen molar-refractivity contribution in [1.29, 1.82) is 0 Å². The highest BCUT2D eigenvalue weighted by atomic mass is 16.6. The molecular weight excluding hydrogens is 362 g/mol. The number of methoxy groups -OCH3 is 1. The van der Waals surface area contributed by atoms with E-state index < -0.39 is 0 Å². The van der Waals surface area contributed by atoms with Gasteiger partial charge in [0, 0.05) is 30.9 Å². The Morgan fingerprint density at radius 3 is 2.68 bits per heavy atom. The highest BCUT2D eigenvalue weighted by Gasteiger charge is 2.25. The average Bonchev–Trinajstić information content (AvgIpc) is 2.73. The molecule has 3 rings (SSSR count). The van der Waals surface area contributed by atoms with Gasteiger partial charge in [-0.05, 0) is 48.7 Å². The van der Waals surface area contributed by atoms with Crippen molar-refractivity contribution < 1.29 is 19.6 Å². The van der Waals surface area contributed by atoms with Gasteiger partial charge in [0.05, 0.1) is 24.2 Å². The van der Waals surface area contributed by atoms with Crippen LogP contribution >= 0.6 is 0 Å². The minimum absolute atomic E-state index is 0.0504. The summed E-state index contributed by atoms with van der Waals surface area (Å²) in [5.41, 5.74) is 2.58. The van der Waals surface area contributed by atoms with Crippen molar-refractivity contribution in [3.8, 4) is 0 Å². The fourth-order valence-electron chi connectivity index (χ4n) is 3.43. The van der Waals surface area contributed by atoms with Crippen molar-refractivity contribution in [3.05, 3.63) is 63.7 Å². The van der Waals surface area contributed by atoms with Gasteiger partial charge in [0.15, 0.2) is 0 Å². The molecule has 8 heteroatoms. The largest absolute Gasteiger partial charge is 0.465 e. The molecule has 0 spiro atoms. The zero-order valence-electron chi connectivity index (χ0n) is 15.6. The van der Waals surface area contributed by atoms with Crippen LogP contribution in [-0.4, -0.2) is 42.2 Å². The summed E-state index contributed by atoms with van der Waals surface area (Å²) in [5, 5.41) is 24.1. The van der Waals surface area contributed by atoms with Gasteiger partial charge in [-0.1, -0.05) is 6.07 Å². The van der Waals surface area contributed by atoms with Gasteiger partial charge in [0.2, 0.25) is 0 Å². The van der Waals surface area contributed by atoms with E-state index in [-0.39, 0.29) is 29.2 Å². The van der Waals surface area contributed by atoms with Crippen molar-refractivity contribution in [2.45, 2.75) is 25.5 Å². The number of nitrogens with zero attached hydrogens (tertiary/aromatic N) is 2. The van der Waals surface area contributed by atoms with Crippen LogP contribution in [0.5, 0.6) is 0 Å². The molecule has 1 saturated heterocycles. The van der Waals surface area contributed by atoms with E-state index in [1.807, 2.05) is 11.0 Å². The summed E-state index contributed by atoms with van der Waals surface area (Å²) in [6.45, 7) is 1.16. The number of aliphatic hydroxyl groups is 1. The van der Waals surface area contributed by atoms with Crippen molar-refractivity contribution in [2.24, 2.45) is 0 Å². The van der Waals surface area contributed by atoms with E-state index in [4.69, 9.17) is 4.74 Å². The van der Waals surface area contributed by atoms with E-state index >= 15 is 0 Å². The molecule has 0 saturated carbocycles. The minimum atomic E-state index is -0.390. The highest BCUT2D eigenvalue weighted by molar-refractivity contribution is 5.90. The summed E-state index contributed by atoms with van der Waals surface area (Å²) in [6.07, 6.45) is 1.59. The summed E-state index contributed by atoms with van der Waals surface area (Å²) in [5.74, 6) is -0.380. The van der Waals surface area contributed by atoms with E-state index in [0.29, 0.717) is 29.9 Å². The zero-order chi connectivity index (χ0) is 20.1. The molecule has 148 valence electrons. The van der Waals surface area contributed by atoms with E-state index in [0.717, 1.165) is 18.5 Å². The molecule has 1 fully saturated rings. The van der Waals surface area contributed by atoms with Crippen LogP contribution in [0.3, 0.4) is 0 Å². The molecule has 0 aliphatic carbocycles. The number of carbonyl (C=O) groups is 1. The molecule has 0 radical (unpaired) electrons. The van der Waals surface area contributed by atoms with Crippen LogP contribution in [0.1, 0.15) is 28.8 Å². The van der Waals surface area contributed by atoms with Crippen molar-refractivity contribution in [2.75, 3.05) is 30.4 Å². The predicted octanol–water partition coefficient (Wildman–Crippen LogP) is 2.95. The molecule has 2 N–H and O–H groups in total. The summed E-state index contributed by atoms with van der Waals surface area (Å²) in [6, 6.07) is 12.1. The Kier molecular flexibility index (Phi) is 6.10. The first-order valence-corrected chi connectivity index (χ1v) is 9.10. The topological polar surface area (TPSA) is 105 Å². The number of esters is 1. The number of nitrogens with one attached hydrogen (secondary N) is 1. The second-order valence-electron chi connectivity index (χ2n) is 6.72. The number of rotatable bonds is 6. The number of nitro benzene ring substituents is 1. The minimum Gasteiger partial charge on any atom is -0.465 e. The first-order chi connectivity index (χ1) is 13.5. The monoisotopic (exact) mass is 385 g/mol. The van der Waals surface area contributed by atoms with Gasteiger partial charge in [0.1, 0.15) is 5.69 Å². The molecular formula is C20H23N3O5. The second-order valence-corrected chi connectivity index (χ2v) is 6.72. The number of anilines is 2. The lowest BCUT2D eigenvalue weighted by molar-refractivity contribution is -0.384. The molecule has 2 aromatic rings. The SMILES string of the molecule is COC(=O)c1cccc(NC2CCN(c3cc(CO)ccc3[N+](=O)[O-])CC2)c1. The summed E-state index contributed by atoms with van der Waals surface area (Å²) in [7, 11) is 1.35. The third-order valence-electron chi connectivity index (χ3n) is 4.91. The number of hydrogen-bond acceptors (Lipinski definition) is 7. The molecule has 1 heterocycles. The van der Waals surface area contributed by atoms with Crippen molar-refractivity contribution in [1.82, 2.24) is 0 Å². The van der Waals surface area contributed by atoms with E-state index in [9.17, 15) is 20.0 Å². The third kappa shape index (κ3) is 4.40. The number of hydrogen-bond donors (Lipinski definition) is 2. The molecule has 0 amide bonds. The van der Waals surface area contributed by atoms with Gasteiger partial charge in [-0.15, -0.1) is 0 Å². The molecule has 0 atom stereocenters. The predicted molar refractivity (Wildman–Crippen MR) is 106 cm³/mol. The highest BCUT2D eigenvalue weighted by Crippen LogP contribution is 2.32. The molecule has 0 aromatic heterocycles. The summed E-state index contributed by atoms with van der Waals surface area (Å²) >= 11 is 0. The van der Waals surface area contributed by atoms with Gasteiger partial charge in [-0.2, -0.15) is 0 Å². The average molecular weight is 385 g/mol. The van der Waals surface area contributed by atoms with Crippen LogP contribution in [0.15, 0.2) is 42.5 Å². The van der Waals surface area contributed by atoms with Crippen LogP contribution in [0, 0.1) is 10.1 Å². The molecule has 1 aliphatic heterocycles. The van der Waals surface area contributed by atoms with E-state index in [1.165, 1.54) is 13.2 Å². The Morgan fingerprint density at radius 2 is 2.04 bits per heavy atom. The second kappa shape index (κ2) is 8.71. The normalized spacial score (nSPS) is 14.6. The fraction of sp³-hybridized carbons (Fsp3) is 0.350.